The molecule has 2 heterocycles. The molecule has 2 unspecified atom stereocenters. The van der Waals surface area contributed by atoms with Gasteiger partial charge in [-0.2, -0.15) is 16.6 Å². The smallest absolute Gasteiger partial charge is 0.0866 e. The summed E-state index contributed by atoms with van der Waals surface area (Å²) in [6.45, 7) is 2.39. The SMILES string of the molecule is N#CCN1CC(N)CC(Cc2ccsc2)C1. The molecule has 1 fully saturated rings. The minimum atomic E-state index is 0.228. The zero-order chi connectivity index (χ0) is 11.4. The molecule has 1 aliphatic rings. The molecule has 1 aromatic heterocycles. The quantitative estimate of drug-likeness (QED) is 0.807. The number of rotatable bonds is 3. The Hall–Kier alpha value is -0.890. The van der Waals surface area contributed by atoms with Crippen molar-refractivity contribution in [3.8, 4) is 6.07 Å². The largest absolute Gasteiger partial charge is 0.327 e. The van der Waals surface area contributed by atoms with Crippen LogP contribution in [0.1, 0.15) is 12.0 Å². The summed E-state index contributed by atoms with van der Waals surface area (Å²) in [6, 6.07) is 4.62. The van der Waals surface area contributed by atoms with E-state index in [1.165, 1.54) is 5.56 Å². The summed E-state index contributed by atoms with van der Waals surface area (Å²) < 4.78 is 0. The van der Waals surface area contributed by atoms with Gasteiger partial charge in [0, 0.05) is 19.1 Å². The molecule has 0 amide bonds. The molecule has 0 bridgehead atoms. The van der Waals surface area contributed by atoms with Gasteiger partial charge in [-0.05, 0) is 41.1 Å². The molecule has 1 aromatic rings. The lowest BCUT2D eigenvalue weighted by atomic mass is 9.90. The van der Waals surface area contributed by atoms with Gasteiger partial charge in [0.15, 0.2) is 0 Å². The van der Waals surface area contributed by atoms with E-state index in [0.29, 0.717) is 12.5 Å². The number of thiophene rings is 1. The fourth-order valence-electron chi connectivity index (χ4n) is 2.47. The van der Waals surface area contributed by atoms with Crippen LogP contribution in [0.3, 0.4) is 0 Å². The van der Waals surface area contributed by atoms with Crippen LogP contribution in [0.15, 0.2) is 16.8 Å². The molecule has 2 atom stereocenters. The number of nitriles is 1. The molecule has 2 N–H and O–H groups in total. The molecule has 0 spiro atoms. The molecule has 0 aromatic carbocycles. The van der Waals surface area contributed by atoms with Crippen molar-refractivity contribution in [1.29, 1.82) is 5.26 Å². The Labute approximate surface area is 100 Å². The molecule has 1 aliphatic heterocycles. The zero-order valence-electron chi connectivity index (χ0n) is 9.30. The van der Waals surface area contributed by atoms with E-state index < -0.39 is 0 Å². The van der Waals surface area contributed by atoms with Crippen LogP contribution < -0.4 is 5.73 Å². The summed E-state index contributed by atoms with van der Waals surface area (Å²) in [5.41, 5.74) is 7.43. The van der Waals surface area contributed by atoms with Crippen molar-refractivity contribution in [2.75, 3.05) is 19.6 Å². The summed E-state index contributed by atoms with van der Waals surface area (Å²) in [4.78, 5) is 2.17. The molecule has 86 valence electrons. The molecule has 2 rings (SSSR count). The van der Waals surface area contributed by atoms with Gasteiger partial charge in [0.2, 0.25) is 0 Å². The molecule has 0 radical (unpaired) electrons. The third-order valence-electron chi connectivity index (χ3n) is 3.04. The summed E-state index contributed by atoms with van der Waals surface area (Å²) in [5, 5.41) is 13.0. The van der Waals surface area contributed by atoms with Gasteiger partial charge in [-0.1, -0.05) is 0 Å². The average molecular weight is 235 g/mol. The molecule has 4 heteroatoms. The van der Waals surface area contributed by atoms with Crippen LogP contribution in [0.2, 0.25) is 0 Å². The van der Waals surface area contributed by atoms with Crippen LogP contribution in [-0.2, 0) is 6.42 Å². The molecular formula is C12H17N3S. The van der Waals surface area contributed by atoms with Gasteiger partial charge in [0.05, 0.1) is 12.6 Å². The number of hydrogen-bond donors (Lipinski definition) is 1. The second-order valence-electron chi connectivity index (χ2n) is 4.55. The Morgan fingerprint density at radius 1 is 1.56 bits per heavy atom. The first-order valence-electron chi connectivity index (χ1n) is 5.64. The van der Waals surface area contributed by atoms with E-state index in [2.05, 4.69) is 27.8 Å². The monoisotopic (exact) mass is 235 g/mol. The highest BCUT2D eigenvalue weighted by molar-refractivity contribution is 7.07. The number of nitrogens with two attached hydrogens (primary N) is 1. The maximum Gasteiger partial charge on any atom is 0.0866 e. The van der Waals surface area contributed by atoms with Crippen LogP contribution in [0.5, 0.6) is 0 Å². The van der Waals surface area contributed by atoms with Crippen molar-refractivity contribution in [3.05, 3.63) is 22.4 Å². The Bertz CT molecular complexity index is 355. The first kappa shape index (κ1) is 11.6. The van der Waals surface area contributed by atoms with Crippen LogP contribution in [0.25, 0.3) is 0 Å². The highest BCUT2D eigenvalue weighted by Gasteiger charge is 2.24. The number of hydrogen-bond acceptors (Lipinski definition) is 4. The highest BCUT2D eigenvalue weighted by atomic mass is 32.1. The van der Waals surface area contributed by atoms with Crippen molar-refractivity contribution >= 4 is 11.3 Å². The van der Waals surface area contributed by atoms with E-state index >= 15 is 0 Å². The van der Waals surface area contributed by atoms with Crippen molar-refractivity contribution in [3.63, 3.8) is 0 Å². The fourth-order valence-corrected chi connectivity index (χ4v) is 3.15. The molecule has 3 nitrogen and oxygen atoms in total. The molecule has 0 saturated carbocycles. The lowest BCUT2D eigenvalue weighted by Crippen LogP contribution is -2.47. The molecule has 0 aliphatic carbocycles. The van der Waals surface area contributed by atoms with Crippen molar-refractivity contribution < 1.29 is 0 Å². The van der Waals surface area contributed by atoms with Gasteiger partial charge < -0.3 is 5.73 Å². The highest BCUT2D eigenvalue weighted by Crippen LogP contribution is 2.21. The zero-order valence-corrected chi connectivity index (χ0v) is 10.1. The van der Waals surface area contributed by atoms with Gasteiger partial charge >= 0.3 is 0 Å². The lowest BCUT2D eigenvalue weighted by Gasteiger charge is -2.34. The maximum atomic E-state index is 8.72. The van der Waals surface area contributed by atoms with Gasteiger partial charge in [0.25, 0.3) is 0 Å². The standard InChI is InChI=1S/C12H17N3S/c13-2-3-15-7-11(6-12(14)8-15)5-10-1-4-16-9-10/h1,4,9,11-12H,3,5-8,14H2. The van der Waals surface area contributed by atoms with Crippen molar-refractivity contribution in [2.24, 2.45) is 11.7 Å². The van der Waals surface area contributed by atoms with Crippen LogP contribution in [-0.4, -0.2) is 30.6 Å². The van der Waals surface area contributed by atoms with Gasteiger partial charge in [-0.15, -0.1) is 0 Å². The predicted octanol–water partition coefficient (Wildman–Crippen LogP) is 1.46. The average Bonchev–Trinajstić information content (AvgIpc) is 2.70. The van der Waals surface area contributed by atoms with Gasteiger partial charge in [-0.25, -0.2) is 0 Å². The van der Waals surface area contributed by atoms with E-state index in [4.69, 9.17) is 11.0 Å². The number of nitrogens with zero attached hydrogens (tertiary/aromatic N) is 2. The summed E-state index contributed by atoms with van der Waals surface area (Å²) in [6.07, 6.45) is 2.18. The summed E-state index contributed by atoms with van der Waals surface area (Å²) >= 11 is 1.74. The van der Waals surface area contributed by atoms with Crippen LogP contribution in [0.4, 0.5) is 0 Å². The van der Waals surface area contributed by atoms with E-state index in [9.17, 15) is 0 Å². The van der Waals surface area contributed by atoms with E-state index in [1.54, 1.807) is 11.3 Å². The third-order valence-corrected chi connectivity index (χ3v) is 3.78. The first-order chi connectivity index (χ1) is 7.78. The first-order valence-corrected chi connectivity index (χ1v) is 6.58. The second kappa shape index (κ2) is 5.44. The third kappa shape index (κ3) is 3.05. The molecule has 16 heavy (non-hydrogen) atoms. The van der Waals surface area contributed by atoms with Gasteiger partial charge in [-0.3, -0.25) is 4.90 Å². The van der Waals surface area contributed by atoms with Crippen LogP contribution >= 0.6 is 11.3 Å². The minimum absolute atomic E-state index is 0.228. The molecule has 1 saturated heterocycles. The van der Waals surface area contributed by atoms with E-state index in [-0.39, 0.29) is 6.04 Å². The van der Waals surface area contributed by atoms with E-state index in [1.807, 2.05) is 0 Å². The van der Waals surface area contributed by atoms with Crippen LogP contribution in [0, 0.1) is 17.2 Å². The minimum Gasteiger partial charge on any atom is -0.327 e. The van der Waals surface area contributed by atoms with E-state index in [0.717, 1.165) is 25.9 Å². The maximum absolute atomic E-state index is 8.72. The van der Waals surface area contributed by atoms with Crippen molar-refractivity contribution in [2.45, 2.75) is 18.9 Å². The Kier molecular flexibility index (Phi) is 3.94. The lowest BCUT2D eigenvalue weighted by molar-refractivity contribution is 0.172. The normalized spacial score (nSPS) is 26.5. The Morgan fingerprint density at radius 2 is 2.44 bits per heavy atom. The molecular weight excluding hydrogens is 218 g/mol. The predicted molar refractivity (Wildman–Crippen MR) is 66.2 cm³/mol. The van der Waals surface area contributed by atoms with Crippen molar-refractivity contribution in [1.82, 2.24) is 4.90 Å². The van der Waals surface area contributed by atoms with Gasteiger partial charge in [0.1, 0.15) is 0 Å². The summed E-state index contributed by atoms with van der Waals surface area (Å²) in [5.74, 6) is 0.603. The second-order valence-corrected chi connectivity index (χ2v) is 5.33. The number of piperidine rings is 1. The number of likely N-dealkylation sites (tertiary alicyclic amines) is 1. The summed E-state index contributed by atoms with van der Waals surface area (Å²) in [7, 11) is 0. The topological polar surface area (TPSA) is 53.0 Å². The Balaban J connectivity index is 1.92. The Morgan fingerprint density at radius 3 is 3.12 bits per heavy atom. The fraction of sp³-hybridized carbons (Fsp3) is 0.583.